The quantitative estimate of drug-likeness (QED) is 0.882. The van der Waals surface area contributed by atoms with E-state index in [9.17, 15) is 4.39 Å². The highest BCUT2D eigenvalue weighted by atomic mass is 19.1. The molecule has 2 fully saturated rings. The van der Waals surface area contributed by atoms with Crippen LogP contribution >= 0.6 is 0 Å². The number of rotatable bonds is 5. The van der Waals surface area contributed by atoms with Gasteiger partial charge >= 0.3 is 0 Å². The molecule has 0 amide bonds. The van der Waals surface area contributed by atoms with Crippen molar-refractivity contribution in [3.05, 3.63) is 41.5 Å². The number of ether oxygens (including phenoxy) is 1. The number of hydrogen-bond donors (Lipinski definition) is 1. The van der Waals surface area contributed by atoms with Crippen LogP contribution in [0.1, 0.15) is 49.5 Å². The van der Waals surface area contributed by atoms with E-state index in [0.29, 0.717) is 6.54 Å². The molecule has 1 aromatic carbocycles. The molecule has 6 nitrogen and oxygen atoms in total. The molecule has 4 rings (SSSR count). The Labute approximate surface area is 147 Å². The molecule has 2 aliphatic heterocycles. The fourth-order valence-electron chi connectivity index (χ4n) is 4.05. The van der Waals surface area contributed by atoms with Crippen LogP contribution in [0.2, 0.25) is 0 Å². The van der Waals surface area contributed by atoms with Gasteiger partial charge in [-0.1, -0.05) is 0 Å². The molecule has 0 bridgehead atoms. The fourth-order valence-corrected chi connectivity index (χ4v) is 4.05. The first-order chi connectivity index (χ1) is 12.3. The Morgan fingerprint density at radius 1 is 1.16 bits per heavy atom. The highest BCUT2D eigenvalue weighted by Crippen LogP contribution is 2.21. The van der Waals surface area contributed by atoms with Gasteiger partial charge in [-0.25, -0.2) is 9.07 Å². The van der Waals surface area contributed by atoms with E-state index in [0.717, 1.165) is 43.9 Å². The van der Waals surface area contributed by atoms with E-state index in [2.05, 4.69) is 15.5 Å². The Morgan fingerprint density at radius 2 is 1.96 bits per heavy atom. The smallest absolute Gasteiger partial charge is 0.214 e. The van der Waals surface area contributed by atoms with E-state index in [1.807, 2.05) is 16.8 Å². The van der Waals surface area contributed by atoms with Gasteiger partial charge in [0.1, 0.15) is 5.82 Å². The van der Waals surface area contributed by atoms with Crippen LogP contribution in [0.5, 0.6) is 0 Å². The lowest BCUT2D eigenvalue weighted by Crippen LogP contribution is -3.13. The second-order valence-corrected chi connectivity index (χ2v) is 7.06. The van der Waals surface area contributed by atoms with E-state index < -0.39 is 0 Å². The molecule has 1 aromatic heterocycles. The van der Waals surface area contributed by atoms with Crippen molar-refractivity contribution in [1.82, 2.24) is 20.2 Å². The SMILES string of the molecule is Fc1ccc([C@@H](c2nnnn2C[C@@H]2CCCO2)[NH+]2CCCCC2)cc1. The summed E-state index contributed by atoms with van der Waals surface area (Å²) in [4.78, 5) is 1.46. The molecule has 2 aliphatic rings. The van der Waals surface area contributed by atoms with E-state index in [-0.39, 0.29) is 18.0 Å². The normalized spacial score (nSPS) is 23.0. The van der Waals surface area contributed by atoms with Gasteiger partial charge in [0.25, 0.3) is 0 Å². The minimum atomic E-state index is -0.213. The van der Waals surface area contributed by atoms with Crippen LogP contribution in [0.4, 0.5) is 4.39 Å². The Morgan fingerprint density at radius 3 is 2.68 bits per heavy atom. The summed E-state index contributed by atoms with van der Waals surface area (Å²) in [7, 11) is 0. The summed E-state index contributed by atoms with van der Waals surface area (Å²) < 4.78 is 21.1. The van der Waals surface area contributed by atoms with Crippen molar-refractivity contribution in [2.75, 3.05) is 19.7 Å². The van der Waals surface area contributed by atoms with Crippen molar-refractivity contribution in [1.29, 1.82) is 0 Å². The first-order valence-corrected chi connectivity index (χ1v) is 9.29. The number of benzene rings is 1. The molecule has 25 heavy (non-hydrogen) atoms. The molecule has 0 radical (unpaired) electrons. The van der Waals surface area contributed by atoms with Gasteiger partial charge in [-0.3, -0.25) is 0 Å². The number of piperidine rings is 1. The van der Waals surface area contributed by atoms with Gasteiger partial charge in [-0.2, -0.15) is 0 Å². The Hall–Kier alpha value is -1.86. The zero-order valence-electron chi connectivity index (χ0n) is 14.4. The van der Waals surface area contributed by atoms with E-state index >= 15 is 0 Å². The van der Waals surface area contributed by atoms with Gasteiger partial charge < -0.3 is 9.64 Å². The molecular formula is C18H25FN5O+. The molecule has 0 saturated carbocycles. The minimum absolute atomic E-state index is 0.0392. The first-order valence-electron chi connectivity index (χ1n) is 9.29. The lowest BCUT2D eigenvalue weighted by atomic mass is 10.0. The molecule has 2 saturated heterocycles. The van der Waals surface area contributed by atoms with Crippen molar-refractivity contribution >= 4 is 0 Å². The van der Waals surface area contributed by atoms with Crippen molar-refractivity contribution in [2.45, 2.75) is 50.8 Å². The van der Waals surface area contributed by atoms with Crippen LogP contribution in [0, 0.1) is 5.82 Å². The van der Waals surface area contributed by atoms with Crippen LogP contribution in [0.3, 0.4) is 0 Å². The van der Waals surface area contributed by atoms with Gasteiger partial charge in [0.15, 0.2) is 6.04 Å². The zero-order valence-corrected chi connectivity index (χ0v) is 14.4. The molecule has 3 heterocycles. The predicted molar refractivity (Wildman–Crippen MR) is 89.6 cm³/mol. The summed E-state index contributed by atoms with van der Waals surface area (Å²) in [6, 6.07) is 6.83. The summed E-state index contributed by atoms with van der Waals surface area (Å²) in [5.74, 6) is 0.647. The number of hydrogen-bond acceptors (Lipinski definition) is 4. The van der Waals surface area contributed by atoms with Gasteiger partial charge in [0.05, 0.1) is 25.7 Å². The van der Waals surface area contributed by atoms with Gasteiger partial charge in [-0.15, -0.1) is 5.10 Å². The topological polar surface area (TPSA) is 57.3 Å². The van der Waals surface area contributed by atoms with Crippen molar-refractivity contribution in [3.63, 3.8) is 0 Å². The lowest BCUT2D eigenvalue weighted by Gasteiger charge is -2.31. The molecular weight excluding hydrogens is 321 g/mol. The molecule has 2 aromatic rings. The second kappa shape index (κ2) is 7.58. The third-order valence-corrected chi connectivity index (χ3v) is 5.33. The molecule has 2 atom stereocenters. The monoisotopic (exact) mass is 346 g/mol. The third-order valence-electron chi connectivity index (χ3n) is 5.33. The Bertz CT molecular complexity index is 677. The zero-order chi connectivity index (χ0) is 17.1. The molecule has 134 valence electrons. The molecule has 0 aliphatic carbocycles. The average Bonchev–Trinajstić information content (AvgIpc) is 3.31. The highest BCUT2D eigenvalue weighted by Gasteiger charge is 2.33. The summed E-state index contributed by atoms with van der Waals surface area (Å²) >= 11 is 0. The number of quaternary nitrogens is 1. The predicted octanol–water partition coefficient (Wildman–Crippen LogP) is 1.15. The first kappa shape index (κ1) is 16.6. The summed E-state index contributed by atoms with van der Waals surface area (Å²) in [6.45, 7) is 3.69. The van der Waals surface area contributed by atoms with Crippen LogP contribution in [-0.4, -0.2) is 46.0 Å². The summed E-state index contributed by atoms with van der Waals surface area (Å²) in [5, 5.41) is 12.5. The van der Waals surface area contributed by atoms with Crippen LogP contribution in [0.15, 0.2) is 24.3 Å². The number of tetrazole rings is 1. The number of aromatic nitrogens is 4. The molecule has 0 spiro atoms. The maximum Gasteiger partial charge on any atom is 0.214 e. The average molecular weight is 346 g/mol. The molecule has 0 unspecified atom stereocenters. The number of nitrogens with one attached hydrogen (secondary N) is 1. The number of likely N-dealkylation sites (tertiary alicyclic amines) is 1. The van der Waals surface area contributed by atoms with E-state index in [4.69, 9.17) is 4.74 Å². The number of halogens is 1. The largest absolute Gasteiger partial charge is 0.376 e. The molecule has 7 heteroatoms. The lowest BCUT2D eigenvalue weighted by molar-refractivity contribution is -0.931. The van der Waals surface area contributed by atoms with Crippen molar-refractivity contribution in [2.24, 2.45) is 0 Å². The van der Waals surface area contributed by atoms with Crippen LogP contribution in [-0.2, 0) is 11.3 Å². The summed E-state index contributed by atoms with van der Waals surface area (Å²) in [6.07, 6.45) is 6.03. The van der Waals surface area contributed by atoms with Crippen LogP contribution in [0.25, 0.3) is 0 Å². The maximum absolute atomic E-state index is 13.4. The van der Waals surface area contributed by atoms with Crippen molar-refractivity contribution in [3.8, 4) is 0 Å². The summed E-state index contributed by atoms with van der Waals surface area (Å²) in [5.41, 5.74) is 1.07. The van der Waals surface area contributed by atoms with Gasteiger partial charge in [0, 0.05) is 12.2 Å². The highest BCUT2D eigenvalue weighted by molar-refractivity contribution is 5.23. The van der Waals surface area contributed by atoms with Gasteiger partial charge in [-0.05, 0) is 66.8 Å². The number of nitrogens with zero attached hydrogens (tertiary/aromatic N) is 4. The van der Waals surface area contributed by atoms with Gasteiger partial charge in [0.2, 0.25) is 5.82 Å². The maximum atomic E-state index is 13.4. The third kappa shape index (κ3) is 3.72. The Balaban J connectivity index is 1.65. The van der Waals surface area contributed by atoms with Crippen molar-refractivity contribution < 1.29 is 14.0 Å². The second-order valence-electron chi connectivity index (χ2n) is 7.06. The fraction of sp³-hybridized carbons (Fsp3) is 0.611. The van der Waals surface area contributed by atoms with Crippen LogP contribution < -0.4 is 4.90 Å². The molecule has 1 N–H and O–H groups in total. The standard InChI is InChI=1S/C18H24FN5O/c19-15-8-6-14(7-9-15)17(23-10-2-1-3-11-23)18-20-21-22-24(18)13-16-5-4-12-25-16/h6-9,16-17H,1-5,10-13H2/p+1/t16-,17-/m0/s1. The Kier molecular flexibility index (Phi) is 5.03. The van der Waals surface area contributed by atoms with E-state index in [1.54, 1.807) is 0 Å². The van der Waals surface area contributed by atoms with E-state index in [1.165, 1.54) is 36.3 Å². The minimum Gasteiger partial charge on any atom is -0.376 e.